The highest BCUT2D eigenvalue weighted by atomic mass is 16.1. The number of hydrogen-bond donors (Lipinski definition) is 1. The van der Waals surface area contributed by atoms with Gasteiger partial charge in [-0.15, -0.1) is 0 Å². The molecule has 0 aromatic rings. The van der Waals surface area contributed by atoms with Crippen LogP contribution in [0.1, 0.15) is 25.7 Å². The summed E-state index contributed by atoms with van der Waals surface area (Å²) in [7, 11) is 0. The summed E-state index contributed by atoms with van der Waals surface area (Å²) in [6.45, 7) is 3.35. The number of allylic oxidation sites excluding steroid dienone is 2. The summed E-state index contributed by atoms with van der Waals surface area (Å²) >= 11 is 0. The van der Waals surface area contributed by atoms with Gasteiger partial charge >= 0.3 is 0 Å². The fraction of sp³-hybridized carbons (Fsp3) is 0.786. The molecule has 1 heterocycles. The van der Waals surface area contributed by atoms with Gasteiger partial charge < -0.3 is 10.6 Å². The van der Waals surface area contributed by atoms with E-state index in [0.29, 0.717) is 0 Å². The van der Waals surface area contributed by atoms with Crippen LogP contribution in [0, 0.1) is 23.7 Å². The molecule has 94 valence electrons. The van der Waals surface area contributed by atoms with Gasteiger partial charge in [-0.05, 0) is 56.5 Å². The second-order valence-corrected chi connectivity index (χ2v) is 6.02. The van der Waals surface area contributed by atoms with Crippen LogP contribution in [0.5, 0.6) is 0 Å². The number of nitrogens with two attached hydrogens (primary N) is 1. The Hall–Kier alpha value is -0.830. The highest BCUT2D eigenvalue weighted by Crippen LogP contribution is 2.43. The summed E-state index contributed by atoms with van der Waals surface area (Å²) in [5, 5.41) is 0. The van der Waals surface area contributed by atoms with E-state index >= 15 is 0 Å². The average Bonchev–Trinajstić information content (AvgIpc) is 2.91. The Balaban J connectivity index is 1.48. The maximum atomic E-state index is 11.1. The third-order valence-electron chi connectivity index (χ3n) is 4.90. The summed E-state index contributed by atoms with van der Waals surface area (Å²) in [5.74, 6) is 2.61. The molecule has 1 aliphatic heterocycles. The number of piperidine rings is 1. The lowest BCUT2D eigenvalue weighted by Gasteiger charge is -2.33. The van der Waals surface area contributed by atoms with Crippen LogP contribution in [0.2, 0.25) is 0 Å². The molecular weight excluding hydrogens is 212 g/mol. The number of fused-ring (bicyclic) bond motifs is 2. The molecule has 0 aromatic carbocycles. The molecule has 0 radical (unpaired) electrons. The van der Waals surface area contributed by atoms with Crippen LogP contribution in [0.15, 0.2) is 12.2 Å². The number of rotatable bonds is 3. The summed E-state index contributed by atoms with van der Waals surface area (Å²) in [5.41, 5.74) is 5.36. The number of likely N-dealkylation sites (tertiary alicyclic amines) is 1. The predicted octanol–water partition coefficient (Wildman–Crippen LogP) is 1.40. The number of primary amides is 1. The van der Waals surface area contributed by atoms with Gasteiger partial charge in [0.2, 0.25) is 5.91 Å². The van der Waals surface area contributed by atoms with Crippen molar-refractivity contribution in [2.75, 3.05) is 19.6 Å². The van der Waals surface area contributed by atoms with Crippen molar-refractivity contribution in [3.05, 3.63) is 12.2 Å². The van der Waals surface area contributed by atoms with Crippen molar-refractivity contribution in [2.24, 2.45) is 29.4 Å². The van der Waals surface area contributed by atoms with Crippen LogP contribution in [-0.2, 0) is 4.79 Å². The smallest absolute Gasteiger partial charge is 0.220 e. The molecule has 1 amide bonds. The van der Waals surface area contributed by atoms with Gasteiger partial charge in [-0.2, -0.15) is 0 Å². The van der Waals surface area contributed by atoms with E-state index in [9.17, 15) is 4.79 Å². The average molecular weight is 234 g/mol. The fourth-order valence-corrected chi connectivity index (χ4v) is 3.84. The molecule has 3 atom stereocenters. The second kappa shape index (κ2) is 4.45. The zero-order valence-electron chi connectivity index (χ0n) is 10.3. The van der Waals surface area contributed by atoms with E-state index in [1.165, 1.54) is 19.4 Å². The Morgan fingerprint density at radius 1 is 1.24 bits per heavy atom. The van der Waals surface area contributed by atoms with Gasteiger partial charge in [0.15, 0.2) is 0 Å². The number of nitrogens with zero attached hydrogens (tertiary/aromatic N) is 1. The van der Waals surface area contributed by atoms with Crippen LogP contribution >= 0.6 is 0 Å². The zero-order chi connectivity index (χ0) is 11.8. The minimum Gasteiger partial charge on any atom is -0.369 e. The van der Waals surface area contributed by atoms with Crippen molar-refractivity contribution < 1.29 is 4.79 Å². The van der Waals surface area contributed by atoms with E-state index in [0.717, 1.165) is 43.7 Å². The molecule has 0 aromatic heterocycles. The zero-order valence-corrected chi connectivity index (χ0v) is 10.3. The van der Waals surface area contributed by atoms with Crippen LogP contribution < -0.4 is 5.73 Å². The van der Waals surface area contributed by atoms with Gasteiger partial charge in [0, 0.05) is 12.5 Å². The first-order valence-corrected chi connectivity index (χ1v) is 6.92. The van der Waals surface area contributed by atoms with Gasteiger partial charge in [0.05, 0.1) is 0 Å². The normalized spacial score (nSPS) is 37.8. The lowest BCUT2D eigenvalue weighted by Crippen LogP contribution is -2.41. The highest BCUT2D eigenvalue weighted by molar-refractivity contribution is 5.76. The topological polar surface area (TPSA) is 46.3 Å². The van der Waals surface area contributed by atoms with Crippen molar-refractivity contribution >= 4 is 5.91 Å². The lowest BCUT2D eigenvalue weighted by atomic mass is 9.91. The molecule has 2 N–H and O–H groups in total. The van der Waals surface area contributed by atoms with E-state index in [1.54, 1.807) is 0 Å². The SMILES string of the molecule is NC(=O)C1CCN(C[C@H]2C[C@@H]3C=C[C@H]2C3)CC1. The van der Waals surface area contributed by atoms with Crippen LogP contribution in [0.4, 0.5) is 0 Å². The van der Waals surface area contributed by atoms with Gasteiger partial charge in [-0.3, -0.25) is 4.79 Å². The van der Waals surface area contributed by atoms with Crippen molar-refractivity contribution in [3.63, 3.8) is 0 Å². The minimum atomic E-state index is -0.104. The Labute approximate surface area is 103 Å². The Bertz CT molecular complexity index is 331. The van der Waals surface area contributed by atoms with Crippen molar-refractivity contribution in [1.82, 2.24) is 4.90 Å². The minimum absolute atomic E-state index is 0.104. The molecule has 3 aliphatic rings. The number of amides is 1. The van der Waals surface area contributed by atoms with Crippen LogP contribution in [0.3, 0.4) is 0 Å². The predicted molar refractivity (Wildman–Crippen MR) is 67.2 cm³/mol. The van der Waals surface area contributed by atoms with Crippen molar-refractivity contribution in [2.45, 2.75) is 25.7 Å². The second-order valence-electron chi connectivity index (χ2n) is 6.02. The largest absolute Gasteiger partial charge is 0.369 e. The maximum absolute atomic E-state index is 11.1. The number of carbonyl (C=O) groups excluding carboxylic acids is 1. The molecule has 2 bridgehead atoms. The summed E-state index contributed by atoms with van der Waals surface area (Å²) < 4.78 is 0. The molecule has 0 spiro atoms. The summed E-state index contributed by atoms with van der Waals surface area (Å²) in [6.07, 6.45) is 9.53. The molecular formula is C14H22N2O. The molecule has 3 nitrogen and oxygen atoms in total. The monoisotopic (exact) mass is 234 g/mol. The number of hydrogen-bond acceptors (Lipinski definition) is 2. The third kappa shape index (κ3) is 2.25. The van der Waals surface area contributed by atoms with Crippen molar-refractivity contribution in [1.29, 1.82) is 0 Å². The molecule has 1 saturated carbocycles. The molecule has 1 saturated heterocycles. The van der Waals surface area contributed by atoms with E-state index in [1.807, 2.05) is 0 Å². The van der Waals surface area contributed by atoms with Crippen molar-refractivity contribution in [3.8, 4) is 0 Å². The molecule has 3 rings (SSSR count). The molecule has 17 heavy (non-hydrogen) atoms. The quantitative estimate of drug-likeness (QED) is 0.750. The van der Waals surface area contributed by atoms with E-state index in [4.69, 9.17) is 5.73 Å². The molecule has 3 heteroatoms. The van der Waals surface area contributed by atoms with Gasteiger partial charge in [0.25, 0.3) is 0 Å². The van der Waals surface area contributed by atoms with Crippen LogP contribution in [0.25, 0.3) is 0 Å². The number of carbonyl (C=O) groups is 1. The fourth-order valence-electron chi connectivity index (χ4n) is 3.84. The van der Waals surface area contributed by atoms with Crippen LogP contribution in [-0.4, -0.2) is 30.4 Å². The summed E-state index contributed by atoms with van der Waals surface area (Å²) in [6, 6.07) is 0. The van der Waals surface area contributed by atoms with E-state index in [-0.39, 0.29) is 11.8 Å². The molecule has 2 aliphatic carbocycles. The molecule has 0 unspecified atom stereocenters. The highest BCUT2D eigenvalue weighted by Gasteiger charge is 2.36. The Morgan fingerprint density at radius 3 is 2.53 bits per heavy atom. The van der Waals surface area contributed by atoms with E-state index < -0.39 is 0 Å². The molecule has 2 fully saturated rings. The lowest BCUT2D eigenvalue weighted by molar-refractivity contribution is -0.123. The Kier molecular flexibility index (Phi) is 2.95. The standard InChI is InChI=1S/C14H22N2O/c15-14(17)11-3-5-16(6-4-11)9-13-8-10-1-2-12(13)7-10/h1-2,10-13H,3-9H2,(H2,15,17)/t10-,12+,13-/m1/s1. The van der Waals surface area contributed by atoms with Gasteiger partial charge in [-0.1, -0.05) is 12.2 Å². The van der Waals surface area contributed by atoms with Gasteiger partial charge in [0.1, 0.15) is 0 Å². The van der Waals surface area contributed by atoms with Gasteiger partial charge in [-0.25, -0.2) is 0 Å². The summed E-state index contributed by atoms with van der Waals surface area (Å²) in [4.78, 5) is 13.6. The van der Waals surface area contributed by atoms with E-state index in [2.05, 4.69) is 17.1 Å². The first-order valence-electron chi connectivity index (χ1n) is 6.92. The maximum Gasteiger partial charge on any atom is 0.220 e. The first-order chi connectivity index (χ1) is 8.22. The third-order valence-corrected chi connectivity index (χ3v) is 4.90. The Morgan fingerprint density at radius 2 is 2.00 bits per heavy atom. The first kappa shape index (κ1) is 11.3.